The highest BCUT2D eigenvalue weighted by Crippen LogP contribution is 2.39. The molecule has 2 aromatic carbocycles. The molecule has 2 amide bonds. The lowest BCUT2D eigenvalue weighted by atomic mass is 9.89. The first-order valence-electron chi connectivity index (χ1n) is 11.1. The van der Waals surface area contributed by atoms with E-state index in [0.717, 1.165) is 36.1 Å². The molecule has 174 valence electrons. The van der Waals surface area contributed by atoms with Crippen molar-refractivity contribution >= 4 is 6.03 Å². The first-order chi connectivity index (χ1) is 15.6. The number of amides is 2. The summed E-state index contributed by atoms with van der Waals surface area (Å²) in [5.74, 6) is 2.82. The van der Waals surface area contributed by atoms with Crippen molar-refractivity contribution in [2.75, 3.05) is 41.5 Å². The monoisotopic (exact) mass is 442 g/mol. The van der Waals surface area contributed by atoms with Crippen LogP contribution in [0.25, 0.3) is 0 Å². The fraction of sp³-hybridized carbons (Fsp3) is 0.480. The van der Waals surface area contributed by atoms with Gasteiger partial charge in [0.15, 0.2) is 23.0 Å². The molecule has 0 aromatic heterocycles. The molecule has 0 bridgehead atoms. The maximum absolute atomic E-state index is 13.1. The zero-order chi connectivity index (χ0) is 23.1. The minimum absolute atomic E-state index is 0.0182. The van der Waals surface area contributed by atoms with Gasteiger partial charge in [0.05, 0.1) is 34.5 Å². The van der Waals surface area contributed by atoms with Gasteiger partial charge in [-0.15, -0.1) is 0 Å². The highest BCUT2D eigenvalue weighted by Gasteiger charge is 2.31. The molecule has 2 aromatic rings. The molecule has 0 fully saturated rings. The van der Waals surface area contributed by atoms with Crippen molar-refractivity contribution in [3.8, 4) is 23.0 Å². The Balaban J connectivity index is 1.70. The van der Waals surface area contributed by atoms with Crippen molar-refractivity contribution in [1.82, 2.24) is 10.2 Å². The topological polar surface area (TPSA) is 69.3 Å². The number of ether oxygens (including phenoxy) is 4. The normalized spacial score (nSPS) is 15.0. The van der Waals surface area contributed by atoms with Gasteiger partial charge in [-0.25, -0.2) is 4.79 Å². The molecule has 1 atom stereocenters. The summed E-state index contributed by atoms with van der Waals surface area (Å²) < 4.78 is 21.6. The van der Waals surface area contributed by atoms with E-state index in [1.165, 1.54) is 5.56 Å². The Morgan fingerprint density at radius 3 is 2.28 bits per heavy atom. The van der Waals surface area contributed by atoms with Crippen LogP contribution in [-0.2, 0) is 12.8 Å². The number of urea groups is 1. The standard InChI is InChI=1S/C25H34N2O5/c1-6-7-20-19-16-24(32-5)23(31-4)15-18(19)11-13-27(20)25(28)26-12-10-17-8-9-21(29-2)22(14-17)30-3/h8-9,14-16,20H,6-7,10-13H2,1-5H3,(H,26,28). The Morgan fingerprint density at radius 1 is 0.969 bits per heavy atom. The maximum Gasteiger partial charge on any atom is 0.317 e. The molecule has 1 unspecified atom stereocenters. The van der Waals surface area contributed by atoms with Crippen LogP contribution in [0.2, 0.25) is 0 Å². The van der Waals surface area contributed by atoms with E-state index in [9.17, 15) is 4.79 Å². The molecular weight excluding hydrogens is 408 g/mol. The van der Waals surface area contributed by atoms with Gasteiger partial charge in [0.1, 0.15) is 0 Å². The van der Waals surface area contributed by atoms with Crippen LogP contribution in [0.5, 0.6) is 23.0 Å². The second kappa shape index (κ2) is 11.0. The van der Waals surface area contributed by atoms with Crippen LogP contribution in [0.3, 0.4) is 0 Å². The van der Waals surface area contributed by atoms with Crippen molar-refractivity contribution in [1.29, 1.82) is 0 Å². The SMILES string of the molecule is CCCC1c2cc(OC)c(OC)cc2CCN1C(=O)NCCc1ccc(OC)c(OC)c1. The minimum Gasteiger partial charge on any atom is -0.493 e. The Hall–Kier alpha value is -3.09. The van der Waals surface area contributed by atoms with Crippen molar-refractivity contribution < 1.29 is 23.7 Å². The summed E-state index contributed by atoms with van der Waals surface area (Å²) >= 11 is 0. The smallest absolute Gasteiger partial charge is 0.317 e. The summed E-state index contributed by atoms with van der Waals surface area (Å²) in [5, 5.41) is 3.10. The third-order valence-corrected chi connectivity index (χ3v) is 5.96. The van der Waals surface area contributed by atoms with Crippen molar-refractivity contribution in [2.45, 2.75) is 38.6 Å². The number of fused-ring (bicyclic) bond motifs is 1. The number of hydrogen-bond donors (Lipinski definition) is 1. The summed E-state index contributed by atoms with van der Waals surface area (Å²) in [4.78, 5) is 15.0. The summed E-state index contributed by atoms with van der Waals surface area (Å²) in [6.45, 7) is 3.36. The maximum atomic E-state index is 13.1. The van der Waals surface area contributed by atoms with E-state index >= 15 is 0 Å². The van der Waals surface area contributed by atoms with Gasteiger partial charge in [-0.1, -0.05) is 19.4 Å². The largest absolute Gasteiger partial charge is 0.493 e. The van der Waals surface area contributed by atoms with Gasteiger partial charge in [0.25, 0.3) is 0 Å². The zero-order valence-corrected chi connectivity index (χ0v) is 19.7. The molecule has 1 N–H and O–H groups in total. The summed E-state index contributed by atoms with van der Waals surface area (Å²) in [7, 11) is 6.53. The van der Waals surface area contributed by atoms with Crippen LogP contribution in [-0.4, -0.2) is 52.5 Å². The van der Waals surface area contributed by atoms with Gasteiger partial charge in [0.2, 0.25) is 0 Å². The third-order valence-electron chi connectivity index (χ3n) is 5.96. The molecule has 0 aliphatic carbocycles. The number of carbonyl (C=O) groups is 1. The van der Waals surface area contributed by atoms with Gasteiger partial charge in [-0.05, 0) is 60.2 Å². The molecule has 0 spiro atoms. The molecule has 0 saturated heterocycles. The molecule has 0 radical (unpaired) electrons. The fourth-order valence-electron chi connectivity index (χ4n) is 4.31. The van der Waals surface area contributed by atoms with Gasteiger partial charge in [-0.3, -0.25) is 0 Å². The zero-order valence-electron chi connectivity index (χ0n) is 19.7. The van der Waals surface area contributed by atoms with Gasteiger partial charge >= 0.3 is 6.03 Å². The average molecular weight is 443 g/mol. The molecule has 7 heteroatoms. The first-order valence-corrected chi connectivity index (χ1v) is 11.1. The van der Waals surface area contributed by atoms with Crippen molar-refractivity contribution in [2.24, 2.45) is 0 Å². The lowest BCUT2D eigenvalue weighted by molar-refractivity contribution is 0.164. The van der Waals surface area contributed by atoms with Crippen LogP contribution < -0.4 is 24.3 Å². The Labute approximate surface area is 190 Å². The van der Waals surface area contributed by atoms with Crippen LogP contribution in [0.1, 0.15) is 42.5 Å². The van der Waals surface area contributed by atoms with Crippen molar-refractivity contribution in [3.05, 3.63) is 47.0 Å². The van der Waals surface area contributed by atoms with Crippen LogP contribution >= 0.6 is 0 Å². The number of benzene rings is 2. The molecule has 1 aliphatic rings. The Bertz CT molecular complexity index is 931. The van der Waals surface area contributed by atoms with E-state index in [2.05, 4.69) is 12.2 Å². The molecule has 0 saturated carbocycles. The molecule has 1 heterocycles. The first kappa shape index (κ1) is 23.6. The molecular formula is C25H34N2O5. The van der Waals surface area contributed by atoms with E-state index in [1.54, 1.807) is 28.4 Å². The van der Waals surface area contributed by atoms with Gasteiger partial charge < -0.3 is 29.2 Å². The minimum atomic E-state index is -0.0376. The molecule has 32 heavy (non-hydrogen) atoms. The Morgan fingerprint density at radius 2 is 1.62 bits per heavy atom. The number of carbonyl (C=O) groups excluding carboxylic acids is 1. The lowest BCUT2D eigenvalue weighted by Crippen LogP contribution is -2.46. The predicted octanol–water partition coefficient (Wildman–Crippen LogP) is 4.37. The highest BCUT2D eigenvalue weighted by molar-refractivity contribution is 5.75. The number of rotatable bonds is 9. The van der Waals surface area contributed by atoms with E-state index in [0.29, 0.717) is 36.8 Å². The second-order valence-corrected chi connectivity index (χ2v) is 7.83. The van der Waals surface area contributed by atoms with E-state index in [4.69, 9.17) is 18.9 Å². The third kappa shape index (κ3) is 5.03. The molecule has 1 aliphatic heterocycles. The predicted molar refractivity (Wildman–Crippen MR) is 124 cm³/mol. The fourth-order valence-corrected chi connectivity index (χ4v) is 4.31. The quantitative estimate of drug-likeness (QED) is 0.624. The van der Waals surface area contributed by atoms with Crippen LogP contribution in [0, 0.1) is 0 Å². The highest BCUT2D eigenvalue weighted by atomic mass is 16.5. The summed E-state index contributed by atoms with van der Waals surface area (Å²) in [6, 6.07) is 9.87. The average Bonchev–Trinajstić information content (AvgIpc) is 2.83. The van der Waals surface area contributed by atoms with E-state index in [1.807, 2.05) is 35.2 Å². The van der Waals surface area contributed by atoms with E-state index in [-0.39, 0.29) is 12.1 Å². The Kier molecular flexibility index (Phi) is 8.09. The van der Waals surface area contributed by atoms with E-state index < -0.39 is 0 Å². The van der Waals surface area contributed by atoms with Gasteiger partial charge in [0, 0.05) is 13.1 Å². The molecule has 3 rings (SSSR count). The van der Waals surface area contributed by atoms with Crippen molar-refractivity contribution in [3.63, 3.8) is 0 Å². The van der Waals surface area contributed by atoms with Crippen LogP contribution in [0.15, 0.2) is 30.3 Å². The second-order valence-electron chi connectivity index (χ2n) is 7.83. The number of nitrogens with zero attached hydrogens (tertiary/aromatic N) is 1. The summed E-state index contributed by atoms with van der Waals surface area (Å²) in [6.07, 6.45) is 3.37. The van der Waals surface area contributed by atoms with Crippen LogP contribution in [0.4, 0.5) is 4.79 Å². The number of nitrogens with one attached hydrogen (secondary N) is 1. The number of hydrogen-bond acceptors (Lipinski definition) is 5. The molecule has 7 nitrogen and oxygen atoms in total. The lowest BCUT2D eigenvalue weighted by Gasteiger charge is -2.37. The number of methoxy groups -OCH3 is 4. The summed E-state index contributed by atoms with van der Waals surface area (Å²) in [5.41, 5.74) is 3.44. The van der Waals surface area contributed by atoms with Gasteiger partial charge in [-0.2, -0.15) is 0 Å².